The zero-order chi connectivity index (χ0) is 15.5. The monoisotopic (exact) mass is 295 g/mol. The van der Waals surface area contributed by atoms with Gasteiger partial charge in [0.2, 0.25) is 0 Å². The normalized spacial score (nSPS) is 12.8. The van der Waals surface area contributed by atoms with E-state index in [9.17, 15) is 27.2 Å². The number of carbonyl (C=O) groups excluding carboxylic acids is 1. The van der Waals surface area contributed by atoms with Gasteiger partial charge in [-0.2, -0.15) is 13.2 Å². The summed E-state index contributed by atoms with van der Waals surface area (Å²) < 4.78 is 50.3. The highest BCUT2D eigenvalue weighted by molar-refractivity contribution is 5.96. The Labute approximate surface area is 109 Å². The number of hydrogen-bond acceptors (Lipinski definition) is 3. The van der Waals surface area contributed by atoms with Crippen LogP contribution in [0.4, 0.5) is 17.6 Å². The van der Waals surface area contributed by atoms with Crippen LogP contribution in [-0.4, -0.2) is 34.7 Å². The molecule has 0 spiro atoms. The molecule has 0 bridgehead atoms. The molecule has 1 amide bonds. The number of amides is 1. The van der Waals surface area contributed by atoms with Crippen LogP contribution in [-0.2, 0) is 11.0 Å². The quantitative estimate of drug-likeness (QED) is 0.724. The molecule has 0 saturated carbocycles. The van der Waals surface area contributed by atoms with Crippen LogP contribution in [0.1, 0.15) is 15.9 Å². The summed E-state index contributed by atoms with van der Waals surface area (Å²) in [6.07, 6.45) is -4.98. The number of halogens is 4. The summed E-state index contributed by atoms with van der Waals surface area (Å²) in [5, 5.41) is 19.1. The van der Waals surface area contributed by atoms with Crippen LogP contribution in [0.25, 0.3) is 0 Å². The van der Waals surface area contributed by atoms with Crippen LogP contribution in [0.2, 0.25) is 0 Å². The fraction of sp³-hybridized carbons (Fsp3) is 0.273. The Hall–Kier alpha value is -2.16. The molecule has 0 unspecified atom stereocenters. The van der Waals surface area contributed by atoms with E-state index in [1.54, 1.807) is 5.32 Å². The van der Waals surface area contributed by atoms with E-state index in [-0.39, 0.29) is 6.07 Å². The van der Waals surface area contributed by atoms with Crippen molar-refractivity contribution in [1.82, 2.24) is 5.32 Å². The predicted molar refractivity (Wildman–Crippen MR) is 57.4 cm³/mol. The summed E-state index contributed by atoms with van der Waals surface area (Å²) in [6.45, 7) is -0.936. The highest BCUT2D eigenvalue weighted by Crippen LogP contribution is 2.31. The van der Waals surface area contributed by atoms with E-state index in [1.165, 1.54) is 0 Å². The third-order valence-electron chi connectivity index (χ3n) is 2.32. The van der Waals surface area contributed by atoms with Gasteiger partial charge in [-0.05, 0) is 18.2 Å². The molecule has 1 aromatic carbocycles. The molecule has 9 heteroatoms. The van der Waals surface area contributed by atoms with Crippen LogP contribution >= 0.6 is 0 Å². The minimum Gasteiger partial charge on any atom is -0.480 e. The first-order chi connectivity index (χ1) is 9.16. The Morgan fingerprint density at radius 1 is 1.30 bits per heavy atom. The van der Waals surface area contributed by atoms with Gasteiger partial charge in [-0.1, -0.05) is 0 Å². The molecule has 0 aliphatic heterocycles. The van der Waals surface area contributed by atoms with E-state index in [0.29, 0.717) is 6.07 Å². The molecule has 110 valence electrons. The number of carboxylic acids is 1. The molecule has 0 heterocycles. The SMILES string of the molecule is O=C(N[C@H](CO)C(=O)O)c1ccc(F)c(C(F)(F)F)c1. The van der Waals surface area contributed by atoms with Gasteiger partial charge < -0.3 is 15.5 Å². The first kappa shape index (κ1) is 15.9. The number of hydrogen-bond donors (Lipinski definition) is 3. The second-order valence-electron chi connectivity index (χ2n) is 3.74. The first-order valence-electron chi connectivity index (χ1n) is 5.18. The molecule has 5 nitrogen and oxygen atoms in total. The maximum atomic E-state index is 13.0. The van der Waals surface area contributed by atoms with Crippen molar-refractivity contribution in [1.29, 1.82) is 0 Å². The fourth-order valence-corrected chi connectivity index (χ4v) is 1.31. The van der Waals surface area contributed by atoms with Crippen molar-refractivity contribution in [3.05, 3.63) is 35.1 Å². The van der Waals surface area contributed by atoms with Gasteiger partial charge in [-0.25, -0.2) is 9.18 Å². The molecule has 1 atom stereocenters. The van der Waals surface area contributed by atoms with Gasteiger partial charge in [-0.15, -0.1) is 0 Å². The Balaban J connectivity index is 3.03. The molecule has 0 aromatic heterocycles. The Morgan fingerprint density at radius 2 is 1.90 bits per heavy atom. The highest BCUT2D eigenvalue weighted by Gasteiger charge is 2.34. The van der Waals surface area contributed by atoms with Crippen LogP contribution in [0, 0.1) is 5.82 Å². The third-order valence-corrected chi connectivity index (χ3v) is 2.32. The van der Waals surface area contributed by atoms with Gasteiger partial charge in [0.05, 0.1) is 12.2 Å². The van der Waals surface area contributed by atoms with Crippen LogP contribution in [0.5, 0.6) is 0 Å². The Kier molecular flexibility index (Phi) is 4.66. The van der Waals surface area contributed by atoms with Crippen molar-refractivity contribution in [2.24, 2.45) is 0 Å². The summed E-state index contributed by atoms with van der Waals surface area (Å²) >= 11 is 0. The van der Waals surface area contributed by atoms with Crippen molar-refractivity contribution in [3.8, 4) is 0 Å². The van der Waals surface area contributed by atoms with E-state index in [0.717, 1.165) is 6.07 Å². The number of rotatable bonds is 4. The van der Waals surface area contributed by atoms with Gasteiger partial charge in [0.1, 0.15) is 5.82 Å². The average molecular weight is 295 g/mol. The lowest BCUT2D eigenvalue weighted by molar-refractivity contribution is -0.141. The lowest BCUT2D eigenvalue weighted by Gasteiger charge is -2.13. The number of aliphatic hydroxyl groups excluding tert-OH is 1. The number of alkyl halides is 3. The highest BCUT2D eigenvalue weighted by atomic mass is 19.4. The molecule has 0 fully saturated rings. The summed E-state index contributed by atoms with van der Waals surface area (Å²) in [6, 6.07) is -0.175. The number of nitrogens with one attached hydrogen (secondary N) is 1. The Morgan fingerprint density at radius 3 is 2.35 bits per heavy atom. The number of carbonyl (C=O) groups is 2. The number of aliphatic hydroxyl groups is 1. The molecule has 0 radical (unpaired) electrons. The molecule has 0 aliphatic carbocycles. The van der Waals surface area contributed by atoms with Gasteiger partial charge in [-0.3, -0.25) is 4.79 Å². The average Bonchev–Trinajstić information content (AvgIpc) is 2.34. The molecule has 3 N–H and O–H groups in total. The summed E-state index contributed by atoms with van der Waals surface area (Å²) in [7, 11) is 0. The van der Waals surface area contributed by atoms with Crippen molar-refractivity contribution in [2.75, 3.05) is 6.61 Å². The molecule has 0 saturated heterocycles. The zero-order valence-electron chi connectivity index (χ0n) is 9.74. The lowest BCUT2D eigenvalue weighted by atomic mass is 10.1. The van der Waals surface area contributed by atoms with Gasteiger partial charge in [0, 0.05) is 5.56 Å². The molecule has 1 aromatic rings. The zero-order valence-corrected chi connectivity index (χ0v) is 9.74. The van der Waals surface area contributed by atoms with E-state index in [2.05, 4.69) is 0 Å². The minimum atomic E-state index is -4.98. The van der Waals surface area contributed by atoms with E-state index < -0.39 is 47.6 Å². The third kappa shape index (κ3) is 3.67. The lowest BCUT2D eigenvalue weighted by Crippen LogP contribution is -2.43. The van der Waals surface area contributed by atoms with E-state index >= 15 is 0 Å². The molecule has 1 rings (SSSR count). The minimum absolute atomic E-state index is 0.265. The fourth-order valence-electron chi connectivity index (χ4n) is 1.31. The summed E-state index contributed by atoms with van der Waals surface area (Å²) in [4.78, 5) is 22.1. The van der Waals surface area contributed by atoms with E-state index in [1.807, 2.05) is 0 Å². The largest absolute Gasteiger partial charge is 0.480 e. The molecule has 20 heavy (non-hydrogen) atoms. The number of benzene rings is 1. The number of aliphatic carboxylic acids is 1. The van der Waals surface area contributed by atoms with Crippen LogP contribution in [0.15, 0.2) is 18.2 Å². The Bertz CT molecular complexity index is 530. The van der Waals surface area contributed by atoms with Gasteiger partial charge >= 0.3 is 12.1 Å². The van der Waals surface area contributed by atoms with Crippen molar-refractivity contribution >= 4 is 11.9 Å². The topological polar surface area (TPSA) is 86.6 Å². The second kappa shape index (κ2) is 5.87. The van der Waals surface area contributed by atoms with Crippen molar-refractivity contribution < 1.29 is 37.4 Å². The molecular weight excluding hydrogens is 286 g/mol. The van der Waals surface area contributed by atoms with Crippen LogP contribution < -0.4 is 5.32 Å². The van der Waals surface area contributed by atoms with Gasteiger partial charge in [0.15, 0.2) is 6.04 Å². The van der Waals surface area contributed by atoms with Crippen LogP contribution in [0.3, 0.4) is 0 Å². The maximum Gasteiger partial charge on any atom is 0.419 e. The summed E-state index contributed by atoms with van der Waals surface area (Å²) in [5.74, 6) is -4.28. The predicted octanol–water partition coefficient (Wildman–Crippen LogP) is 1.02. The number of carboxylic acid groups (broad SMARTS) is 1. The van der Waals surface area contributed by atoms with Crippen molar-refractivity contribution in [3.63, 3.8) is 0 Å². The molecule has 0 aliphatic rings. The smallest absolute Gasteiger partial charge is 0.419 e. The standard InChI is InChI=1S/C11H9F4NO4/c12-7-2-1-5(3-6(7)11(13,14)15)9(18)16-8(4-17)10(19)20/h1-3,8,17H,4H2,(H,16,18)(H,19,20)/t8-/m1/s1. The van der Waals surface area contributed by atoms with Crippen molar-refractivity contribution in [2.45, 2.75) is 12.2 Å². The maximum absolute atomic E-state index is 13.0. The summed E-state index contributed by atoms with van der Waals surface area (Å²) in [5.41, 5.74) is -2.21. The molecular formula is C11H9F4NO4. The van der Waals surface area contributed by atoms with Gasteiger partial charge in [0.25, 0.3) is 5.91 Å². The first-order valence-corrected chi connectivity index (χ1v) is 5.18. The second-order valence-corrected chi connectivity index (χ2v) is 3.74. The van der Waals surface area contributed by atoms with E-state index in [4.69, 9.17) is 10.2 Å².